The SMILES string of the molecule is COC(=O)[C@]12C(=O)CCCC1=CC(=O)C(C)[C@H]2CCC1(C)C=CC(=O)C1. The van der Waals surface area contributed by atoms with Crippen LogP contribution in [-0.2, 0) is 23.9 Å². The van der Waals surface area contributed by atoms with Crippen molar-refractivity contribution < 1.29 is 23.9 Å². The molecule has 0 amide bonds. The fourth-order valence-electron chi connectivity index (χ4n) is 5.01. The topological polar surface area (TPSA) is 77.5 Å². The zero-order chi connectivity index (χ0) is 19.1. The van der Waals surface area contributed by atoms with Crippen LogP contribution in [0.3, 0.4) is 0 Å². The molecule has 5 nitrogen and oxygen atoms in total. The Morgan fingerprint density at radius 3 is 2.62 bits per heavy atom. The van der Waals surface area contributed by atoms with Crippen molar-refractivity contribution in [1.82, 2.24) is 0 Å². The molecule has 2 unspecified atom stereocenters. The van der Waals surface area contributed by atoms with Crippen molar-refractivity contribution in [2.75, 3.05) is 7.11 Å². The van der Waals surface area contributed by atoms with Gasteiger partial charge < -0.3 is 4.74 Å². The normalized spacial score (nSPS) is 36.7. The summed E-state index contributed by atoms with van der Waals surface area (Å²) in [4.78, 5) is 50.1. The molecule has 1 saturated carbocycles. The van der Waals surface area contributed by atoms with E-state index in [1.165, 1.54) is 13.2 Å². The van der Waals surface area contributed by atoms with Crippen LogP contribution in [0.1, 0.15) is 52.4 Å². The highest BCUT2D eigenvalue weighted by Gasteiger charge is 2.60. The molecule has 0 aromatic rings. The second kappa shape index (κ2) is 6.60. The maximum absolute atomic E-state index is 13.0. The first-order valence-electron chi connectivity index (χ1n) is 9.33. The molecule has 1 fully saturated rings. The van der Waals surface area contributed by atoms with E-state index in [1.54, 1.807) is 13.0 Å². The predicted molar refractivity (Wildman–Crippen MR) is 95.2 cm³/mol. The molecule has 0 aromatic heterocycles. The molecule has 3 rings (SSSR count). The summed E-state index contributed by atoms with van der Waals surface area (Å²) in [7, 11) is 1.30. The molecule has 0 N–H and O–H groups in total. The van der Waals surface area contributed by atoms with Gasteiger partial charge >= 0.3 is 5.97 Å². The van der Waals surface area contributed by atoms with Gasteiger partial charge in [0, 0.05) is 18.8 Å². The first kappa shape index (κ1) is 18.7. The fraction of sp³-hybridized carbons (Fsp3) is 0.619. The van der Waals surface area contributed by atoms with Crippen LogP contribution >= 0.6 is 0 Å². The number of hydrogen-bond donors (Lipinski definition) is 0. The Balaban J connectivity index is 1.99. The van der Waals surface area contributed by atoms with E-state index in [9.17, 15) is 19.2 Å². The molecule has 0 saturated heterocycles. The van der Waals surface area contributed by atoms with Gasteiger partial charge in [-0.15, -0.1) is 0 Å². The Labute approximate surface area is 153 Å². The Morgan fingerprint density at radius 2 is 2.00 bits per heavy atom. The van der Waals surface area contributed by atoms with Crippen molar-refractivity contribution in [1.29, 1.82) is 0 Å². The molecule has 0 radical (unpaired) electrons. The fourth-order valence-corrected chi connectivity index (χ4v) is 5.01. The van der Waals surface area contributed by atoms with Crippen LogP contribution in [0.4, 0.5) is 0 Å². The number of hydrogen-bond acceptors (Lipinski definition) is 5. The number of carbonyl (C=O) groups excluding carboxylic acids is 4. The van der Waals surface area contributed by atoms with Gasteiger partial charge in [-0.3, -0.25) is 19.2 Å². The lowest BCUT2D eigenvalue weighted by atomic mass is 9.54. The number of allylic oxidation sites excluding steroid dienone is 3. The maximum Gasteiger partial charge on any atom is 0.323 e. The summed E-state index contributed by atoms with van der Waals surface area (Å²) in [6.45, 7) is 3.80. The number of ketones is 3. The van der Waals surface area contributed by atoms with Crippen LogP contribution in [0.5, 0.6) is 0 Å². The first-order valence-corrected chi connectivity index (χ1v) is 9.33. The number of carbonyl (C=O) groups is 4. The van der Waals surface area contributed by atoms with Gasteiger partial charge in [-0.1, -0.05) is 19.9 Å². The summed E-state index contributed by atoms with van der Waals surface area (Å²) in [5, 5.41) is 0. The quantitative estimate of drug-likeness (QED) is 0.570. The van der Waals surface area contributed by atoms with E-state index in [2.05, 4.69) is 0 Å². The zero-order valence-electron chi connectivity index (χ0n) is 15.7. The third kappa shape index (κ3) is 2.78. The molecule has 0 spiro atoms. The third-order valence-corrected chi connectivity index (χ3v) is 6.50. The number of methoxy groups -OCH3 is 1. The number of Topliss-reactive ketones (excluding diaryl/α,β-unsaturated/α-hetero) is 1. The maximum atomic E-state index is 13.0. The standard InChI is InChI=1S/C21H26O5/c1-13-16(8-10-20(2)9-7-15(22)12-20)21(19(25)26-3)14(11-17(13)23)5-4-6-18(21)24/h7,9,11,13,16H,4-6,8,10,12H2,1-3H3/t13?,16-,20?,21-/m1/s1. The van der Waals surface area contributed by atoms with Crippen molar-refractivity contribution in [3.8, 4) is 0 Å². The van der Waals surface area contributed by atoms with Gasteiger partial charge in [0.15, 0.2) is 22.8 Å². The second-order valence-electron chi connectivity index (χ2n) is 8.21. The summed E-state index contributed by atoms with van der Waals surface area (Å²) in [5.74, 6) is -1.45. The Bertz CT molecular complexity index is 721. The minimum absolute atomic E-state index is 0.0255. The molecule has 3 aliphatic carbocycles. The Morgan fingerprint density at radius 1 is 1.27 bits per heavy atom. The van der Waals surface area contributed by atoms with E-state index >= 15 is 0 Å². The molecular formula is C21H26O5. The minimum Gasteiger partial charge on any atom is -0.468 e. The number of esters is 1. The van der Waals surface area contributed by atoms with Gasteiger partial charge in [0.2, 0.25) is 0 Å². The third-order valence-electron chi connectivity index (χ3n) is 6.50. The van der Waals surface area contributed by atoms with Gasteiger partial charge in [0.25, 0.3) is 0 Å². The Kier molecular flexibility index (Phi) is 4.76. The van der Waals surface area contributed by atoms with Gasteiger partial charge in [-0.05, 0) is 54.7 Å². The van der Waals surface area contributed by atoms with Crippen molar-refractivity contribution in [2.24, 2.45) is 22.7 Å². The molecule has 0 bridgehead atoms. The monoisotopic (exact) mass is 358 g/mol. The van der Waals surface area contributed by atoms with Crippen LogP contribution in [0.25, 0.3) is 0 Å². The molecular weight excluding hydrogens is 332 g/mol. The first-order chi connectivity index (χ1) is 12.2. The lowest BCUT2D eigenvalue weighted by Gasteiger charge is -2.46. The molecule has 4 atom stereocenters. The average molecular weight is 358 g/mol. The van der Waals surface area contributed by atoms with Crippen LogP contribution < -0.4 is 0 Å². The lowest BCUT2D eigenvalue weighted by Crippen LogP contribution is -2.55. The van der Waals surface area contributed by atoms with Crippen molar-refractivity contribution in [3.05, 3.63) is 23.8 Å². The highest BCUT2D eigenvalue weighted by atomic mass is 16.5. The molecule has 26 heavy (non-hydrogen) atoms. The summed E-state index contributed by atoms with van der Waals surface area (Å²) in [6, 6.07) is 0. The average Bonchev–Trinajstić information content (AvgIpc) is 2.94. The van der Waals surface area contributed by atoms with Crippen LogP contribution in [0.15, 0.2) is 23.8 Å². The molecule has 5 heteroatoms. The summed E-state index contributed by atoms with van der Waals surface area (Å²) in [5.41, 5.74) is -0.990. The molecule has 0 aliphatic heterocycles. The van der Waals surface area contributed by atoms with Crippen molar-refractivity contribution in [3.63, 3.8) is 0 Å². The van der Waals surface area contributed by atoms with E-state index in [0.717, 1.165) is 0 Å². The van der Waals surface area contributed by atoms with Crippen LogP contribution in [0.2, 0.25) is 0 Å². The van der Waals surface area contributed by atoms with E-state index in [-0.39, 0.29) is 22.8 Å². The highest BCUT2D eigenvalue weighted by molar-refractivity contribution is 6.11. The molecule has 3 aliphatic rings. The molecule has 140 valence electrons. The lowest BCUT2D eigenvalue weighted by molar-refractivity contribution is -0.163. The molecule has 0 heterocycles. The zero-order valence-corrected chi connectivity index (χ0v) is 15.7. The van der Waals surface area contributed by atoms with Crippen molar-refractivity contribution >= 4 is 23.3 Å². The van der Waals surface area contributed by atoms with Crippen molar-refractivity contribution in [2.45, 2.75) is 52.4 Å². The molecule has 0 aromatic carbocycles. The van der Waals surface area contributed by atoms with Gasteiger partial charge in [0.05, 0.1) is 7.11 Å². The summed E-state index contributed by atoms with van der Waals surface area (Å²) >= 11 is 0. The van der Waals surface area contributed by atoms with E-state index in [0.29, 0.717) is 44.1 Å². The smallest absolute Gasteiger partial charge is 0.323 e. The summed E-state index contributed by atoms with van der Waals surface area (Å²) < 4.78 is 5.07. The van der Waals surface area contributed by atoms with E-state index in [1.807, 2.05) is 13.0 Å². The highest BCUT2D eigenvalue weighted by Crippen LogP contribution is 2.53. The largest absolute Gasteiger partial charge is 0.468 e. The number of rotatable bonds is 4. The van der Waals surface area contributed by atoms with E-state index in [4.69, 9.17) is 4.74 Å². The Hall–Kier alpha value is -2.04. The van der Waals surface area contributed by atoms with Crippen LogP contribution in [-0.4, -0.2) is 30.4 Å². The number of ether oxygens (including phenoxy) is 1. The van der Waals surface area contributed by atoms with E-state index < -0.39 is 23.2 Å². The predicted octanol–water partition coefficient (Wildman–Crippen LogP) is 2.98. The summed E-state index contributed by atoms with van der Waals surface area (Å²) in [6.07, 6.45) is 8.20. The number of fused-ring (bicyclic) bond motifs is 1. The van der Waals surface area contributed by atoms with Gasteiger partial charge in [-0.2, -0.15) is 0 Å². The second-order valence-corrected chi connectivity index (χ2v) is 8.21. The van der Waals surface area contributed by atoms with Gasteiger partial charge in [0.1, 0.15) is 0 Å². The van der Waals surface area contributed by atoms with Gasteiger partial charge in [-0.25, -0.2) is 0 Å². The minimum atomic E-state index is -1.33. The van der Waals surface area contributed by atoms with Crippen LogP contribution in [0, 0.1) is 22.7 Å².